The molecule has 2 aromatic rings. The topological polar surface area (TPSA) is 53.4 Å². The highest BCUT2D eigenvalue weighted by Crippen LogP contribution is 2.31. The minimum Gasteiger partial charge on any atom is -0.480 e. The molecule has 1 fully saturated rings. The zero-order valence-corrected chi connectivity index (χ0v) is 12.5. The molecule has 0 saturated carbocycles. The number of pyridine rings is 1. The van der Waals surface area contributed by atoms with E-state index in [0.29, 0.717) is 0 Å². The Labute approximate surface area is 130 Å². The number of carbonyl (C=O) groups is 1. The number of carboxylic acids is 1. The van der Waals surface area contributed by atoms with Crippen LogP contribution in [-0.2, 0) is 4.79 Å². The number of rotatable bonds is 4. The largest absolute Gasteiger partial charge is 0.480 e. The van der Waals surface area contributed by atoms with Gasteiger partial charge in [0.2, 0.25) is 0 Å². The minimum atomic E-state index is -0.750. The first-order chi connectivity index (χ1) is 10.7. The van der Waals surface area contributed by atoms with Gasteiger partial charge in [-0.3, -0.25) is 14.7 Å². The van der Waals surface area contributed by atoms with Crippen LogP contribution in [0.4, 0.5) is 0 Å². The van der Waals surface area contributed by atoms with Gasteiger partial charge in [0.1, 0.15) is 0 Å². The molecule has 1 saturated heterocycles. The van der Waals surface area contributed by atoms with Crippen LogP contribution in [0.1, 0.15) is 30.9 Å². The molecular weight excluding hydrogens is 276 g/mol. The van der Waals surface area contributed by atoms with Gasteiger partial charge in [-0.25, -0.2) is 0 Å². The summed E-state index contributed by atoms with van der Waals surface area (Å²) < 4.78 is 0. The number of likely N-dealkylation sites (tertiary alicyclic amines) is 1. The third-order valence-corrected chi connectivity index (χ3v) is 4.26. The predicted octanol–water partition coefficient (Wildman–Crippen LogP) is 3.36. The van der Waals surface area contributed by atoms with Gasteiger partial charge in [-0.1, -0.05) is 30.7 Å². The minimum absolute atomic E-state index is 0.122. The lowest BCUT2D eigenvalue weighted by Crippen LogP contribution is -2.37. The fourth-order valence-corrected chi connectivity index (χ4v) is 3.17. The molecule has 3 rings (SSSR count). The van der Waals surface area contributed by atoms with Crippen LogP contribution in [0.3, 0.4) is 0 Å². The van der Waals surface area contributed by atoms with Crippen LogP contribution in [0.25, 0.3) is 11.1 Å². The van der Waals surface area contributed by atoms with Crippen LogP contribution < -0.4 is 0 Å². The number of aliphatic carboxylic acids is 1. The van der Waals surface area contributed by atoms with Crippen LogP contribution in [0.15, 0.2) is 48.8 Å². The van der Waals surface area contributed by atoms with Crippen LogP contribution >= 0.6 is 0 Å². The van der Waals surface area contributed by atoms with E-state index in [0.717, 1.165) is 36.9 Å². The van der Waals surface area contributed by atoms with Crippen molar-refractivity contribution in [1.82, 2.24) is 9.88 Å². The number of carboxylic acid groups (broad SMARTS) is 1. The summed E-state index contributed by atoms with van der Waals surface area (Å²) in [6.45, 7) is 0.986. The molecular formula is C18H20N2O2. The van der Waals surface area contributed by atoms with Crippen molar-refractivity contribution in [1.29, 1.82) is 0 Å². The summed E-state index contributed by atoms with van der Waals surface area (Å²) in [5.74, 6) is -0.750. The van der Waals surface area contributed by atoms with E-state index in [1.54, 1.807) is 12.4 Å². The van der Waals surface area contributed by atoms with Gasteiger partial charge in [-0.05, 0) is 48.2 Å². The second kappa shape index (κ2) is 6.71. The van der Waals surface area contributed by atoms with Crippen molar-refractivity contribution in [2.45, 2.75) is 25.3 Å². The number of aromatic nitrogens is 1. The van der Waals surface area contributed by atoms with Gasteiger partial charge in [-0.2, -0.15) is 0 Å². The van der Waals surface area contributed by atoms with E-state index in [2.05, 4.69) is 34.1 Å². The Morgan fingerprint density at radius 1 is 1.09 bits per heavy atom. The Morgan fingerprint density at radius 3 is 2.45 bits per heavy atom. The molecule has 0 bridgehead atoms. The van der Waals surface area contributed by atoms with Gasteiger partial charge in [0.25, 0.3) is 0 Å². The van der Waals surface area contributed by atoms with Crippen molar-refractivity contribution in [3.05, 3.63) is 54.4 Å². The van der Waals surface area contributed by atoms with Gasteiger partial charge in [0.15, 0.2) is 0 Å². The SMILES string of the molecule is O=C(O)CN1CCCCC1c1ccc(-c2ccncc2)cc1. The van der Waals surface area contributed by atoms with Crippen molar-refractivity contribution in [3.63, 3.8) is 0 Å². The molecule has 1 unspecified atom stereocenters. The van der Waals surface area contributed by atoms with Crippen LogP contribution in [0.2, 0.25) is 0 Å². The molecule has 1 aromatic heterocycles. The van der Waals surface area contributed by atoms with Gasteiger partial charge in [0, 0.05) is 18.4 Å². The standard InChI is InChI=1S/C18H20N2O2/c21-18(22)13-20-12-2-1-3-17(20)16-6-4-14(5-7-16)15-8-10-19-11-9-15/h4-11,17H,1-3,12-13H2,(H,21,22). The van der Waals surface area contributed by atoms with Crippen molar-refractivity contribution < 1.29 is 9.90 Å². The lowest BCUT2D eigenvalue weighted by Gasteiger charge is -2.34. The Bertz CT molecular complexity index is 625. The monoisotopic (exact) mass is 296 g/mol. The van der Waals surface area contributed by atoms with E-state index in [4.69, 9.17) is 5.11 Å². The fourth-order valence-electron chi connectivity index (χ4n) is 3.17. The molecule has 1 aliphatic rings. The molecule has 22 heavy (non-hydrogen) atoms. The van der Waals surface area contributed by atoms with E-state index in [9.17, 15) is 4.79 Å². The van der Waals surface area contributed by atoms with E-state index in [1.165, 1.54) is 5.56 Å². The second-order valence-corrected chi connectivity index (χ2v) is 5.73. The quantitative estimate of drug-likeness (QED) is 0.940. The summed E-state index contributed by atoms with van der Waals surface area (Å²) in [6, 6.07) is 12.7. The maximum Gasteiger partial charge on any atom is 0.317 e. The lowest BCUT2D eigenvalue weighted by atomic mass is 9.94. The van der Waals surface area contributed by atoms with Crippen molar-refractivity contribution in [2.75, 3.05) is 13.1 Å². The number of piperidine rings is 1. The summed E-state index contributed by atoms with van der Waals surface area (Å²) in [5, 5.41) is 9.08. The van der Waals surface area contributed by atoms with E-state index in [1.807, 2.05) is 12.1 Å². The number of nitrogens with zero attached hydrogens (tertiary/aromatic N) is 2. The van der Waals surface area contributed by atoms with E-state index < -0.39 is 5.97 Å². The zero-order chi connectivity index (χ0) is 15.4. The van der Waals surface area contributed by atoms with Crippen LogP contribution in [0.5, 0.6) is 0 Å². The highest BCUT2D eigenvalue weighted by molar-refractivity contribution is 5.69. The van der Waals surface area contributed by atoms with Crippen LogP contribution in [-0.4, -0.2) is 34.0 Å². The summed E-state index contributed by atoms with van der Waals surface area (Å²) in [7, 11) is 0. The molecule has 4 nitrogen and oxygen atoms in total. The second-order valence-electron chi connectivity index (χ2n) is 5.73. The molecule has 1 N–H and O–H groups in total. The van der Waals surface area contributed by atoms with Gasteiger partial charge in [-0.15, -0.1) is 0 Å². The molecule has 0 aliphatic carbocycles. The number of hydrogen-bond acceptors (Lipinski definition) is 3. The molecule has 0 amide bonds. The first-order valence-corrected chi connectivity index (χ1v) is 7.70. The van der Waals surface area contributed by atoms with Crippen molar-refractivity contribution in [3.8, 4) is 11.1 Å². The molecule has 1 aliphatic heterocycles. The first kappa shape index (κ1) is 14.7. The fraction of sp³-hybridized carbons (Fsp3) is 0.333. The smallest absolute Gasteiger partial charge is 0.317 e. The summed E-state index contributed by atoms with van der Waals surface area (Å²) in [5.41, 5.74) is 3.51. The van der Waals surface area contributed by atoms with Crippen LogP contribution in [0, 0.1) is 0 Å². The van der Waals surface area contributed by atoms with Crippen molar-refractivity contribution >= 4 is 5.97 Å². The predicted molar refractivity (Wildman–Crippen MR) is 85.5 cm³/mol. The zero-order valence-electron chi connectivity index (χ0n) is 12.5. The van der Waals surface area contributed by atoms with Gasteiger partial charge < -0.3 is 5.11 Å². The third-order valence-electron chi connectivity index (χ3n) is 4.26. The lowest BCUT2D eigenvalue weighted by molar-refractivity contribution is -0.139. The summed E-state index contributed by atoms with van der Waals surface area (Å²) in [6.07, 6.45) is 6.85. The molecule has 1 atom stereocenters. The number of benzene rings is 1. The summed E-state index contributed by atoms with van der Waals surface area (Å²) >= 11 is 0. The Kier molecular flexibility index (Phi) is 4.49. The normalized spacial score (nSPS) is 19.0. The van der Waals surface area contributed by atoms with Crippen molar-refractivity contribution in [2.24, 2.45) is 0 Å². The average Bonchev–Trinajstić information content (AvgIpc) is 2.56. The molecule has 0 radical (unpaired) electrons. The first-order valence-electron chi connectivity index (χ1n) is 7.70. The maximum absolute atomic E-state index is 11.0. The Balaban J connectivity index is 1.80. The summed E-state index contributed by atoms with van der Waals surface area (Å²) in [4.78, 5) is 17.1. The van der Waals surface area contributed by atoms with Gasteiger partial charge in [0.05, 0.1) is 6.54 Å². The maximum atomic E-state index is 11.0. The molecule has 0 spiro atoms. The number of hydrogen-bond donors (Lipinski definition) is 1. The molecule has 4 heteroatoms. The van der Waals surface area contributed by atoms with E-state index >= 15 is 0 Å². The van der Waals surface area contributed by atoms with E-state index in [-0.39, 0.29) is 12.6 Å². The highest BCUT2D eigenvalue weighted by atomic mass is 16.4. The Hall–Kier alpha value is -2.20. The Morgan fingerprint density at radius 2 is 1.77 bits per heavy atom. The molecule has 1 aromatic carbocycles. The molecule has 2 heterocycles. The van der Waals surface area contributed by atoms with Gasteiger partial charge >= 0.3 is 5.97 Å². The highest BCUT2D eigenvalue weighted by Gasteiger charge is 2.25. The molecule has 114 valence electrons. The third kappa shape index (κ3) is 3.34. The average molecular weight is 296 g/mol.